The largest absolute Gasteiger partial charge is 0.418 e. The Labute approximate surface area is 229 Å². The van der Waals surface area contributed by atoms with Gasteiger partial charge in [-0.2, -0.15) is 13.2 Å². The van der Waals surface area contributed by atoms with E-state index in [2.05, 4.69) is 10.2 Å². The van der Waals surface area contributed by atoms with Gasteiger partial charge in [-0.15, -0.1) is 0 Å². The lowest BCUT2D eigenvalue weighted by atomic mass is 9.94. The van der Waals surface area contributed by atoms with E-state index in [0.29, 0.717) is 30.3 Å². The highest BCUT2D eigenvalue weighted by molar-refractivity contribution is 5.54. The number of rotatable bonds is 5. The molecule has 3 heterocycles. The third-order valence-corrected chi connectivity index (χ3v) is 7.21. The number of benzene rings is 1. The van der Waals surface area contributed by atoms with Crippen molar-refractivity contribution in [2.24, 2.45) is 14.1 Å². The highest BCUT2D eigenvalue weighted by Gasteiger charge is 2.34. The average Bonchev–Trinajstić information content (AvgIpc) is 2.85. The van der Waals surface area contributed by atoms with Gasteiger partial charge >= 0.3 is 6.18 Å². The van der Waals surface area contributed by atoms with E-state index in [4.69, 9.17) is 0 Å². The molecule has 1 aliphatic heterocycles. The molecule has 0 radical (unpaired) electrons. The molecule has 4 rings (SSSR count). The van der Waals surface area contributed by atoms with E-state index in [9.17, 15) is 27.2 Å². The van der Waals surface area contributed by atoms with Crippen LogP contribution in [0.15, 0.2) is 70.4 Å². The van der Waals surface area contributed by atoms with Crippen LogP contribution in [0.5, 0.6) is 0 Å². The van der Waals surface area contributed by atoms with Crippen molar-refractivity contribution in [1.82, 2.24) is 9.13 Å². The van der Waals surface area contributed by atoms with Crippen molar-refractivity contribution < 1.29 is 17.6 Å². The minimum absolute atomic E-state index is 0.0122. The summed E-state index contributed by atoms with van der Waals surface area (Å²) in [5.41, 5.74) is 2.09. The van der Waals surface area contributed by atoms with Gasteiger partial charge in [0.05, 0.1) is 11.3 Å². The Morgan fingerprint density at radius 3 is 2.30 bits per heavy atom. The van der Waals surface area contributed by atoms with Crippen LogP contribution in [0.1, 0.15) is 46.8 Å². The van der Waals surface area contributed by atoms with Crippen LogP contribution in [0, 0.1) is 19.7 Å². The van der Waals surface area contributed by atoms with Gasteiger partial charge in [0.2, 0.25) is 5.56 Å². The number of aromatic nitrogens is 2. The molecular formula is C30H32F4N4O2. The summed E-state index contributed by atoms with van der Waals surface area (Å²) in [4.78, 5) is 27.0. The zero-order chi connectivity index (χ0) is 29.4. The first-order valence-electron chi connectivity index (χ1n) is 12.9. The second kappa shape index (κ2) is 11.2. The normalized spacial score (nSPS) is 14.4. The molecule has 0 saturated carbocycles. The fourth-order valence-electron chi connectivity index (χ4n) is 4.95. The highest BCUT2D eigenvalue weighted by atomic mass is 19.4. The number of nitrogens with one attached hydrogen (secondary N) is 1. The molecule has 0 spiro atoms. The number of anilines is 2. The van der Waals surface area contributed by atoms with E-state index in [0.717, 1.165) is 29.1 Å². The average molecular weight is 557 g/mol. The molecule has 212 valence electrons. The van der Waals surface area contributed by atoms with Crippen molar-refractivity contribution in [3.63, 3.8) is 0 Å². The van der Waals surface area contributed by atoms with Gasteiger partial charge in [0.25, 0.3) is 5.56 Å². The third kappa shape index (κ3) is 6.21. The topological polar surface area (TPSA) is 59.3 Å². The van der Waals surface area contributed by atoms with E-state index in [1.54, 1.807) is 56.9 Å². The minimum Gasteiger partial charge on any atom is -0.378 e. The van der Waals surface area contributed by atoms with Gasteiger partial charge in [0.1, 0.15) is 5.82 Å². The number of alkyl halides is 3. The summed E-state index contributed by atoms with van der Waals surface area (Å²) in [6.07, 6.45) is -2.95. The van der Waals surface area contributed by atoms with Crippen LogP contribution in [0.25, 0.3) is 0 Å². The standard InChI is InChI=1S/C30H32F4N4O2/c1-18-12-19(2)29(40)37(5)27(22-15-38(16-22)24-8-11-28(39)36(4)17-24)10-6-21(13-18)20(3)35-26-9-7-23(31)14-25(26)30(32,33)34/h6-14,17,20,22,35H,15-16H2,1-5H3/t20-/m1/s1. The molecule has 0 aliphatic carbocycles. The monoisotopic (exact) mass is 556 g/mol. The van der Waals surface area contributed by atoms with E-state index in [1.807, 2.05) is 19.1 Å². The van der Waals surface area contributed by atoms with E-state index < -0.39 is 23.6 Å². The summed E-state index contributed by atoms with van der Waals surface area (Å²) in [5.74, 6) is -0.953. The number of aryl methyl sites for hydroxylation is 3. The zero-order valence-electron chi connectivity index (χ0n) is 23.0. The van der Waals surface area contributed by atoms with E-state index in [1.165, 1.54) is 10.6 Å². The summed E-state index contributed by atoms with van der Waals surface area (Å²) in [6.45, 7) is 6.53. The second-order valence-corrected chi connectivity index (χ2v) is 10.3. The van der Waals surface area contributed by atoms with Crippen molar-refractivity contribution in [3.05, 3.63) is 115 Å². The predicted octanol–water partition coefficient (Wildman–Crippen LogP) is 5.76. The number of nitrogens with zero attached hydrogens (tertiary/aromatic N) is 3. The fraction of sp³-hybridized carbons (Fsp3) is 0.333. The van der Waals surface area contributed by atoms with Gasteiger partial charge < -0.3 is 19.4 Å². The lowest BCUT2D eigenvalue weighted by Crippen LogP contribution is -2.47. The molecule has 1 fully saturated rings. The Kier molecular flexibility index (Phi) is 8.09. The molecule has 1 aromatic carbocycles. The quantitative estimate of drug-likeness (QED) is 0.406. The Morgan fingerprint density at radius 2 is 1.65 bits per heavy atom. The van der Waals surface area contributed by atoms with Crippen LogP contribution in [0.2, 0.25) is 0 Å². The lowest BCUT2D eigenvalue weighted by molar-refractivity contribution is -0.137. The van der Waals surface area contributed by atoms with Gasteiger partial charge in [0.15, 0.2) is 0 Å². The Morgan fingerprint density at radius 1 is 0.950 bits per heavy atom. The first-order chi connectivity index (χ1) is 18.7. The van der Waals surface area contributed by atoms with Crippen LogP contribution in [0.3, 0.4) is 0 Å². The number of halogens is 4. The second-order valence-electron chi connectivity index (χ2n) is 10.3. The first-order valence-corrected chi connectivity index (χ1v) is 12.9. The molecular weight excluding hydrogens is 524 g/mol. The molecule has 0 bridgehead atoms. The van der Waals surface area contributed by atoms with Crippen LogP contribution in [0.4, 0.5) is 28.9 Å². The zero-order valence-corrected chi connectivity index (χ0v) is 23.0. The van der Waals surface area contributed by atoms with Gasteiger partial charge in [-0.3, -0.25) is 9.59 Å². The van der Waals surface area contributed by atoms with Crippen LogP contribution < -0.4 is 21.3 Å². The SMILES string of the molecule is Cc1cc([C@@H](C)Nc2ccc(F)cc2C(F)(F)F)ccc(C2CN(c3ccc(=O)n(C)c3)C2)n(C)c(=O)c(C)c1. The molecule has 0 amide bonds. The molecule has 6 nitrogen and oxygen atoms in total. The van der Waals surface area contributed by atoms with Gasteiger partial charge in [-0.1, -0.05) is 23.8 Å². The van der Waals surface area contributed by atoms with E-state index >= 15 is 0 Å². The third-order valence-electron chi connectivity index (χ3n) is 7.21. The predicted molar refractivity (Wildman–Crippen MR) is 149 cm³/mol. The van der Waals surface area contributed by atoms with Crippen molar-refractivity contribution >= 4 is 11.4 Å². The molecule has 3 aromatic rings. The van der Waals surface area contributed by atoms with Crippen LogP contribution >= 0.6 is 0 Å². The molecule has 2 aromatic heterocycles. The highest BCUT2D eigenvalue weighted by Crippen LogP contribution is 2.37. The molecule has 1 N–H and O–H groups in total. The number of pyridine rings is 1. The summed E-state index contributed by atoms with van der Waals surface area (Å²) in [6, 6.07) is 12.5. The van der Waals surface area contributed by atoms with Crippen LogP contribution in [-0.2, 0) is 20.3 Å². The molecule has 0 unspecified atom stereocenters. The first kappa shape index (κ1) is 28.9. The summed E-state index contributed by atoms with van der Waals surface area (Å²) >= 11 is 0. The molecule has 1 atom stereocenters. The van der Waals surface area contributed by atoms with Crippen molar-refractivity contribution in [1.29, 1.82) is 0 Å². The Hall–Kier alpha value is -4.08. The fourth-order valence-corrected chi connectivity index (χ4v) is 4.95. The summed E-state index contributed by atoms with van der Waals surface area (Å²) in [7, 11) is 3.40. The maximum atomic E-state index is 13.6. The minimum atomic E-state index is -4.72. The van der Waals surface area contributed by atoms with Crippen molar-refractivity contribution in [2.45, 2.75) is 38.9 Å². The van der Waals surface area contributed by atoms with Gasteiger partial charge in [0, 0.05) is 68.4 Å². The maximum absolute atomic E-state index is 13.6. The van der Waals surface area contributed by atoms with Gasteiger partial charge in [-0.25, -0.2) is 4.39 Å². The summed E-state index contributed by atoms with van der Waals surface area (Å²) in [5, 5.41) is 2.89. The molecule has 1 saturated heterocycles. The van der Waals surface area contributed by atoms with E-state index in [-0.39, 0.29) is 22.7 Å². The van der Waals surface area contributed by atoms with Crippen molar-refractivity contribution in [2.75, 3.05) is 23.3 Å². The molecule has 1 aliphatic rings. The Balaban J connectivity index is 1.73. The summed E-state index contributed by atoms with van der Waals surface area (Å²) < 4.78 is 57.5. The smallest absolute Gasteiger partial charge is 0.378 e. The number of hydrogen-bond acceptors (Lipinski definition) is 4. The Bertz CT molecular complexity index is 1600. The molecule has 10 heteroatoms. The van der Waals surface area contributed by atoms with Gasteiger partial charge in [-0.05, 0) is 56.7 Å². The number of hydrogen-bond donors (Lipinski definition) is 1. The van der Waals surface area contributed by atoms with Crippen LogP contribution in [-0.4, -0.2) is 22.2 Å². The molecule has 40 heavy (non-hydrogen) atoms. The lowest BCUT2D eigenvalue weighted by Gasteiger charge is -2.41. The van der Waals surface area contributed by atoms with Crippen molar-refractivity contribution in [3.8, 4) is 0 Å². The maximum Gasteiger partial charge on any atom is 0.418 e.